The first-order valence-corrected chi connectivity index (χ1v) is 6.42. The van der Waals surface area contributed by atoms with Gasteiger partial charge in [0.2, 0.25) is 0 Å². The number of rotatable bonds is 4. The maximum absolute atomic E-state index is 11.5. The second kappa shape index (κ2) is 5.73. The fourth-order valence-electron chi connectivity index (χ4n) is 0.871. The lowest BCUT2D eigenvalue weighted by molar-refractivity contribution is 0.0958. The lowest BCUT2D eigenvalue weighted by Crippen LogP contribution is -2.28. The molecule has 0 aliphatic rings. The Morgan fingerprint density at radius 2 is 2.43 bits per heavy atom. The first-order chi connectivity index (χ1) is 6.63. The SMILES string of the molecule is CCC(Br)CNC(=O)c1ccc(Cl)s1. The number of hydrogen-bond donors (Lipinski definition) is 1. The fourth-order valence-corrected chi connectivity index (χ4v) is 1.99. The number of amides is 1. The maximum atomic E-state index is 11.5. The van der Waals surface area contributed by atoms with Crippen LogP contribution in [0.2, 0.25) is 4.34 Å². The molecule has 78 valence electrons. The number of carbonyl (C=O) groups is 1. The molecule has 0 saturated carbocycles. The molecule has 0 spiro atoms. The lowest BCUT2D eigenvalue weighted by atomic mass is 10.3. The third-order valence-corrected chi connectivity index (χ3v) is 3.93. The fraction of sp³-hybridized carbons (Fsp3) is 0.444. The van der Waals surface area contributed by atoms with Crippen LogP contribution in [0.4, 0.5) is 0 Å². The van der Waals surface area contributed by atoms with E-state index in [1.165, 1.54) is 11.3 Å². The number of nitrogens with one attached hydrogen (secondary N) is 1. The van der Waals surface area contributed by atoms with Gasteiger partial charge in [-0.2, -0.15) is 0 Å². The summed E-state index contributed by atoms with van der Waals surface area (Å²) in [5.41, 5.74) is 0. The Hall–Kier alpha value is -0.0600. The van der Waals surface area contributed by atoms with Crippen LogP contribution in [0.15, 0.2) is 12.1 Å². The number of alkyl halides is 1. The first kappa shape index (κ1) is 12.0. The number of halogens is 2. The molecule has 0 aromatic carbocycles. The van der Waals surface area contributed by atoms with Crippen molar-refractivity contribution in [3.63, 3.8) is 0 Å². The van der Waals surface area contributed by atoms with Gasteiger partial charge in [-0.1, -0.05) is 34.5 Å². The van der Waals surface area contributed by atoms with Crippen LogP contribution in [0, 0.1) is 0 Å². The van der Waals surface area contributed by atoms with Crippen molar-refractivity contribution < 1.29 is 4.79 Å². The van der Waals surface area contributed by atoms with Gasteiger partial charge < -0.3 is 5.32 Å². The summed E-state index contributed by atoms with van der Waals surface area (Å²) in [7, 11) is 0. The van der Waals surface area contributed by atoms with Crippen molar-refractivity contribution in [2.45, 2.75) is 18.2 Å². The molecular weight excluding hydrogens is 286 g/mol. The van der Waals surface area contributed by atoms with E-state index < -0.39 is 0 Å². The second-order valence-electron chi connectivity index (χ2n) is 2.82. The molecule has 0 aliphatic carbocycles. The highest BCUT2D eigenvalue weighted by Crippen LogP contribution is 2.21. The van der Waals surface area contributed by atoms with Crippen molar-refractivity contribution in [3.8, 4) is 0 Å². The zero-order chi connectivity index (χ0) is 10.6. The average Bonchev–Trinajstić information content (AvgIpc) is 2.60. The van der Waals surface area contributed by atoms with Crippen molar-refractivity contribution in [1.82, 2.24) is 5.32 Å². The predicted octanol–water partition coefficient (Wildman–Crippen LogP) is 3.30. The highest BCUT2D eigenvalue weighted by atomic mass is 79.9. The van der Waals surface area contributed by atoms with Crippen molar-refractivity contribution in [2.75, 3.05) is 6.54 Å². The highest BCUT2D eigenvalue weighted by Gasteiger charge is 2.09. The minimum atomic E-state index is -0.0557. The van der Waals surface area contributed by atoms with Crippen LogP contribution in [-0.2, 0) is 0 Å². The monoisotopic (exact) mass is 295 g/mol. The van der Waals surface area contributed by atoms with Gasteiger partial charge in [0.15, 0.2) is 0 Å². The molecule has 1 atom stereocenters. The van der Waals surface area contributed by atoms with Crippen LogP contribution in [-0.4, -0.2) is 17.3 Å². The number of carbonyl (C=O) groups excluding carboxylic acids is 1. The Morgan fingerprint density at radius 1 is 1.71 bits per heavy atom. The Bertz CT molecular complexity index is 316. The Morgan fingerprint density at radius 3 is 2.93 bits per heavy atom. The first-order valence-electron chi connectivity index (χ1n) is 4.31. The zero-order valence-electron chi connectivity index (χ0n) is 7.72. The van der Waals surface area contributed by atoms with E-state index in [9.17, 15) is 4.79 Å². The van der Waals surface area contributed by atoms with Gasteiger partial charge in [-0.05, 0) is 18.6 Å². The molecule has 1 N–H and O–H groups in total. The van der Waals surface area contributed by atoms with Crippen molar-refractivity contribution in [3.05, 3.63) is 21.3 Å². The molecule has 0 bridgehead atoms. The summed E-state index contributed by atoms with van der Waals surface area (Å²) < 4.78 is 0.640. The van der Waals surface area contributed by atoms with Crippen molar-refractivity contribution in [2.24, 2.45) is 0 Å². The van der Waals surface area contributed by atoms with E-state index in [1.54, 1.807) is 12.1 Å². The minimum Gasteiger partial charge on any atom is -0.350 e. The van der Waals surface area contributed by atoms with E-state index in [1.807, 2.05) is 0 Å². The molecule has 1 aromatic heterocycles. The average molecular weight is 297 g/mol. The molecule has 1 unspecified atom stereocenters. The van der Waals surface area contributed by atoms with Gasteiger partial charge in [0.25, 0.3) is 5.91 Å². The van der Waals surface area contributed by atoms with E-state index in [0.717, 1.165) is 6.42 Å². The molecule has 1 amide bonds. The van der Waals surface area contributed by atoms with Gasteiger partial charge in [0, 0.05) is 11.4 Å². The summed E-state index contributed by atoms with van der Waals surface area (Å²) in [4.78, 5) is 12.5. The second-order valence-corrected chi connectivity index (χ2v) is 5.83. The summed E-state index contributed by atoms with van der Waals surface area (Å²) in [6.45, 7) is 2.71. The molecule has 1 heterocycles. The third kappa shape index (κ3) is 3.59. The van der Waals surface area contributed by atoms with E-state index in [-0.39, 0.29) is 5.91 Å². The van der Waals surface area contributed by atoms with Crippen molar-refractivity contribution in [1.29, 1.82) is 0 Å². The van der Waals surface area contributed by atoms with Gasteiger partial charge in [0.1, 0.15) is 0 Å². The van der Waals surface area contributed by atoms with Gasteiger partial charge in [-0.25, -0.2) is 0 Å². The molecule has 0 saturated heterocycles. The summed E-state index contributed by atoms with van der Waals surface area (Å²) in [6, 6.07) is 3.46. The Balaban J connectivity index is 2.43. The molecule has 5 heteroatoms. The summed E-state index contributed by atoms with van der Waals surface area (Å²) >= 11 is 10.5. The number of thiophene rings is 1. The molecule has 14 heavy (non-hydrogen) atoms. The van der Waals surface area contributed by atoms with Gasteiger partial charge in [-0.3, -0.25) is 4.79 Å². The standard InChI is InChI=1S/C9H11BrClNOS/c1-2-6(10)5-12-9(13)7-3-4-8(11)14-7/h3-4,6H,2,5H2,1H3,(H,12,13). The zero-order valence-corrected chi connectivity index (χ0v) is 10.9. The molecule has 0 aliphatic heterocycles. The summed E-state index contributed by atoms with van der Waals surface area (Å²) in [5, 5.41) is 2.83. The molecule has 0 fully saturated rings. The maximum Gasteiger partial charge on any atom is 0.261 e. The Kier molecular flexibility index (Phi) is 4.92. The minimum absolute atomic E-state index is 0.0557. The van der Waals surface area contributed by atoms with Gasteiger partial charge >= 0.3 is 0 Å². The van der Waals surface area contributed by atoms with Crippen LogP contribution in [0.5, 0.6) is 0 Å². The van der Waals surface area contributed by atoms with E-state index in [2.05, 4.69) is 28.2 Å². The molecule has 2 nitrogen and oxygen atoms in total. The van der Waals surface area contributed by atoms with E-state index in [0.29, 0.717) is 20.6 Å². The Labute approximate surface area is 101 Å². The molecular formula is C9H11BrClNOS. The third-order valence-electron chi connectivity index (χ3n) is 1.72. The van der Waals surface area contributed by atoms with Crippen LogP contribution < -0.4 is 5.32 Å². The lowest BCUT2D eigenvalue weighted by Gasteiger charge is -2.07. The summed E-state index contributed by atoms with van der Waals surface area (Å²) in [5.74, 6) is -0.0557. The smallest absolute Gasteiger partial charge is 0.261 e. The molecule has 0 radical (unpaired) electrons. The van der Waals surface area contributed by atoms with Crippen LogP contribution in [0.1, 0.15) is 23.0 Å². The largest absolute Gasteiger partial charge is 0.350 e. The summed E-state index contributed by atoms with van der Waals surface area (Å²) in [6.07, 6.45) is 0.992. The van der Waals surface area contributed by atoms with E-state index >= 15 is 0 Å². The molecule has 1 aromatic rings. The normalized spacial score (nSPS) is 12.5. The quantitative estimate of drug-likeness (QED) is 0.849. The predicted molar refractivity (Wildman–Crippen MR) is 64.7 cm³/mol. The van der Waals surface area contributed by atoms with Crippen LogP contribution in [0.25, 0.3) is 0 Å². The molecule has 1 rings (SSSR count). The van der Waals surface area contributed by atoms with E-state index in [4.69, 9.17) is 11.6 Å². The topological polar surface area (TPSA) is 29.1 Å². The van der Waals surface area contributed by atoms with Crippen LogP contribution >= 0.6 is 38.9 Å². The van der Waals surface area contributed by atoms with Gasteiger partial charge in [-0.15, -0.1) is 11.3 Å². The number of hydrogen-bond acceptors (Lipinski definition) is 2. The van der Waals surface area contributed by atoms with Crippen molar-refractivity contribution >= 4 is 44.8 Å². The highest BCUT2D eigenvalue weighted by molar-refractivity contribution is 9.09. The van der Waals surface area contributed by atoms with Gasteiger partial charge in [0.05, 0.1) is 9.21 Å². The van der Waals surface area contributed by atoms with Crippen LogP contribution in [0.3, 0.4) is 0 Å².